The third-order valence-electron chi connectivity index (χ3n) is 8.04. The molecule has 0 aromatic carbocycles. The van der Waals surface area contributed by atoms with Gasteiger partial charge in [0.2, 0.25) is 0 Å². The van der Waals surface area contributed by atoms with Crippen LogP contribution in [0.4, 0.5) is 0 Å². The Morgan fingerprint density at radius 3 is 2.69 bits per heavy atom. The van der Waals surface area contributed by atoms with Gasteiger partial charge in [-0.3, -0.25) is 0 Å². The van der Waals surface area contributed by atoms with Crippen molar-refractivity contribution < 1.29 is 28.8 Å². The van der Waals surface area contributed by atoms with Crippen LogP contribution >= 0.6 is 0 Å². The summed E-state index contributed by atoms with van der Waals surface area (Å²) in [6, 6.07) is 0. The van der Waals surface area contributed by atoms with Gasteiger partial charge < -0.3 is 24.1 Å². The van der Waals surface area contributed by atoms with Gasteiger partial charge in [-0.25, -0.2) is 4.79 Å². The summed E-state index contributed by atoms with van der Waals surface area (Å²) in [6.45, 7) is 9.99. The van der Waals surface area contributed by atoms with E-state index in [-0.39, 0.29) is 41.2 Å². The van der Waals surface area contributed by atoms with Crippen molar-refractivity contribution in [2.24, 2.45) is 28.1 Å². The smallest absolute Gasteiger partial charge is 0.336 e. The molecule has 4 saturated heterocycles. The Hall–Kier alpha value is -0.690. The molecule has 6 nitrogen and oxygen atoms in total. The zero-order valence-electron chi connectivity index (χ0n) is 16.1. The largest absolute Gasteiger partial charge is 0.460 e. The van der Waals surface area contributed by atoms with Crippen molar-refractivity contribution >= 4 is 5.97 Å². The minimum Gasteiger partial charge on any atom is -0.460 e. The minimum absolute atomic E-state index is 0.0520. The predicted molar refractivity (Wildman–Crippen MR) is 91.1 cm³/mol. The Bertz CT molecular complexity index is 628. The molecule has 1 N–H and O–H groups in total. The molecule has 5 rings (SSSR count). The van der Waals surface area contributed by atoms with E-state index in [2.05, 4.69) is 20.8 Å². The maximum atomic E-state index is 12.6. The van der Waals surface area contributed by atoms with Gasteiger partial charge in [-0.05, 0) is 30.6 Å². The summed E-state index contributed by atoms with van der Waals surface area (Å²) in [5.41, 5.74) is -0.656. The zero-order chi connectivity index (χ0) is 18.5. The van der Waals surface area contributed by atoms with Crippen LogP contribution in [0.5, 0.6) is 0 Å². The first kappa shape index (κ1) is 17.4. The van der Waals surface area contributed by atoms with E-state index in [0.717, 1.165) is 12.8 Å². The highest BCUT2D eigenvalue weighted by molar-refractivity contribution is 5.80. The summed E-state index contributed by atoms with van der Waals surface area (Å²) in [5.74, 6) is 0.182. The summed E-state index contributed by atoms with van der Waals surface area (Å²) < 4.78 is 24.0. The number of aliphatic hydroxyl groups is 1. The summed E-state index contributed by atoms with van der Waals surface area (Å²) in [6.07, 6.45) is 0.403. The SMILES string of the molecule is C[C@@H]1COC(CC23C4C[C@@H](C(C)(C)C)C25CCOC5OC3C(=O)O4)[C@@H]1O. The second-order valence-corrected chi connectivity index (χ2v) is 10.2. The molecule has 0 amide bonds. The lowest BCUT2D eigenvalue weighted by atomic mass is 9.54. The molecule has 5 aliphatic rings. The minimum atomic E-state index is -0.600. The van der Waals surface area contributed by atoms with E-state index in [1.807, 2.05) is 6.92 Å². The molecule has 0 aromatic heterocycles. The molecule has 26 heavy (non-hydrogen) atoms. The van der Waals surface area contributed by atoms with Crippen molar-refractivity contribution in [2.45, 2.75) is 77.7 Å². The van der Waals surface area contributed by atoms with Gasteiger partial charge >= 0.3 is 5.97 Å². The Labute approximate surface area is 154 Å². The van der Waals surface area contributed by atoms with Crippen LogP contribution in [0.3, 0.4) is 0 Å². The Morgan fingerprint density at radius 1 is 1.27 bits per heavy atom. The van der Waals surface area contributed by atoms with E-state index in [0.29, 0.717) is 25.6 Å². The number of rotatable bonds is 2. The van der Waals surface area contributed by atoms with Gasteiger partial charge in [0.1, 0.15) is 6.10 Å². The Morgan fingerprint density at radius 2 is 2.04 bits per heavy atom. The fourth-order valence-electron chi connectivity index (χ4n) is 7.00. The molecular formula is C20H30O6. The quantitative estimate of drug-likeness (QED) is 0.752. The third-order valence-corrected chi connectivity index (χ3v) is 8.04. The van der Waals surface area contributed by atoms with E-state index >= 15 is 0 Å². The molecule has 0 bridgehead atoms. The molecule has 6 unspecified atom stereocenters. The summed E-state index contributed by atoms with van der Waals surface area (Å²) in [5, 5.41) is 10.6. The van der Waals surface area contributed by atoms with Gasteiger partial charge in [-0.15, -0.1) is 0 Å². The number of esters is 1. The summed E-state index contributed by atoms with van der Waals surface area (Å²) in [4.78, 5) is 12.6. The van der Waals surface area contributed by atoms with E-state index < -0.39 is 17.6 Å². The van der Waals surface area contributed by atoms with E-state index in [9.17, 15) is 9.90 Å². The molecule has 4 heterocycles. The van der Waals surface area contributed by atoms with Crippen molar-refractivity contribution in [2.75, 3.05) is 13.2 Å². The first-order valence-corrected chi connectivity index (χ1v) is 9.99. The molecule has 1 spiro atoms. The molecular weight excluding hydrogens is 336 g/mol. The lowest BCUT2D eigenvalue weighted by Gasteiger charge is -2.46. The normalized spacial score (nSPS) is 55.3. The predicted octanol–water partition coefficient (Wildman–Crippen LogP) is 1.88. The molecule has 9 atom stereocenters. The molecule has 4 aliphatic heterocycles. The monoisotopic (exact) mass is 366 g/mol. The topological polar surface area (TPSA) is 74.2 Å². The number of aliphatic hydroxyl groups excluding tert-OH is 1. The number of carbonyl (C=O) groups is 1. The standard InChI is InChI=1S/C20H30O6/c1-10-9-24-11(14(10)21)8-20-13-7-12(18(2,3)4)19(20)5-6-23-17(19)26-15(20)16(22)25-13/h10-15,17,21H,5-9H2,1-4H3/t10-,11?,12+,13?,14-,15?,17?,19?,20?/m1/s1. The van der Waals surface area contributed by atoms with Gasteiger partial charge in [-0.2, -0.15) is 0 Å². The summed E-state index contributed by atoms with van der Waals surface area (Å²) in [7, 11) is 0. The van der Waals surface area contributed by atoms with Crippen LogP contribution in [0.25, 0.3) is 0 Å². The molecule has 5 fully saturated rings. The number of carbonyl (C=O) groups excluding carboxylic acids is 1. The maximum Gasteiger partial charge on any atom is 0.336 e. The van der Waals surface area contributed by atoms with Gasteiger partial charge in [0.05, 0.1) is 30.8 Å². The highest BCUT2D eigenvalue weighted by Gasteiger charge is 2.83. The van der Waals surface area contributed by atoms with Crippen LogP contribution in [-0.2, 0) is 23.7 Å². The molecule has 1 saturated carbocycles. The average Bonchev–Trinajstić information content (AvgIpc) is 3.27. The van der Waals surface area contributed by atoms with Crippen LogP contribution in [0.1, 0.15) is 47.0 Å². The van der Waals surface area contributed by atoms with Crippen LogP contribution in [-0.4, -0.2) is 55.0 Å². The van der Waals surface area contributed by atoms with Crippen molar-refractivity contribution in [1.29, 1.82) is 0 Å². The number of ether oxygens (including phenoxy) is 4. The van der Waals surface area contributed by atoms with Crippen LogP contribution in [0, 0.1) is 28.1 Å². The molecule has 0 aromatic rings. The fourth-order valence-corrected chi connectivity index (χ4v) is 7.00. The third kappa shape index (κ3) is 1.84. The van der Waals surface area contributed by atoms with E-state index in [1.165, 1.54) is 0 Å². The molecule has 0 radical (unpaired) electrons. The molecule has 1 aliphatic carbocycles. The van der Waals surface area contributed by atoms with Crippen molar-refractivity contribution in [1.82, 2.24) is 0 Å². The second-order valence-electron chi connectivity index (χ2n) is 10.2. The van der Waals surface area contributed by atoms with Gasteiger partial charge in [0.25, 0.3) is 0 Å². The lowest BCUT2D eigenvalue weighted by Crippen LogP contribution is -2.52. The van der Waals surface area contributed by atoms with Crippen molar-refractivity contribution in [3.05, 3.63) is 0 Å². The van der Waals surface area contributed by atoms with Crippen LogP contribution in [0.15, 0.2) is 0 Å². The average molecular weight is 366 g/mol. The fraction of sp³-hybridized carbons (Fsp3) is 0.950. The first-order valence-electron chi connectivity index (χ1n) is 9.99. The highest BCUT2D eigenvalue weighted by atomic mass is 16.7. The Balaban J connectivity index is 1.62. The van der Waals surface area contributed by atoms with E-state index in [4.69, 9.17) is 18.9 Å². The first-order chi connectivity index (χ1) is 12.2. The molecule has 6 heteroatoms. The summed E-state index contributed by atoms with van der Waals surface area (Å²) >= 11 is 0. The lowest BCUT2D eigenvalue weighted by molar-refractivity contribution is -0.170. The number of hydrogen-bond donors (Lipinski definition) is 1. The van der Waals surface area contributed by atoms with Gasteiger partial charge in [0, 0.05) is 11.3 Å². The van der Waals surface area contributed by atoms with Gasteiger partial charge in [-0.1, -0.05) is 27.7 Å². The second kappa shape index (κ2) is 5.22. The molecule has 146 valence electrons. The highest BCUT2D eigenvalue weighted by Crippen LogP contribution is 2.76. The maximum absolute atomic E-state index is 12.6. The van der Waals surface area contributed by atoms with Crippen LogP contribution < -0.4 is 0 Å². The van der Waals surface area contributed by atoms with E-state index in [1.54, 1.807) is 0 Å². The van der Waals surface area contributed by atoms with Gasteiger partial charge in [0.15, 0.2) is 12.4 Å². The van der Waals surface area contributed by atoms with Crippen molar-refractivity contribution in [3.63, 3.8) is 0 Å². The number of hydrogen-bond acceptors (Lipinski definition) is 6. The Kier molecular flexibility index (Phi) is 3.49. The van der Waals surface area contributed by atoms with Crippen molar-refractivity contribution in [3.8, 4) is 0 Å². The zero-order valence-corrected chi connectivity index (χ0v) is 16.1. The van der Waals surface area contributed by atoms with Crippen LogP contribution in [0.2, 0.25) is 0 Å².